The van der Waals surface area contributed by atoms with Crippen molar-refractivity contribution < 1.29 is 14.2 Å². The second-order valence-corrected chi connectivity index (χ2v) is 9.26. The number of morpholine rings is 1. The molecule has 1 fully saturated rings. The maximum absolute atomic E-state index is 6.27. The highest BCUT2D eigenvalue weighted by atomic mass is 16.5. The van der Waals surface area contributed by atoms with E-state index in [1.807, 2.05) is 61.7 Å². The van der Waals surface area contributed by atoms with Crippen molar-refractivity contribution in [1.29, 1.82) is 0 Å². The molecule has 6 rings (SSSR count). The number of rotatable bonds is 8. The van der Waals surface area contributed by atoms with Gasteiger partial charge in [-0.05, 0) is 66.4 Å². The van der Waals surface area contributed by atoms with E-state index in [9.17, 15) is 0 Å². The maximum Gasteiger partial charge on any atom is 0.141 e. The van der Waals surface area contributed by atoms with Crippen molar-refractivity contribution >= 4 is 33.2 Å². The van der Waals surface area contributed by atoms with Crippen LogP contribution in [-0.4, -0.2) is 59.3 Å². The van der Waals surface area contributed by atoms with E-state index >= 15 is 0 Å². The molecule has 0 amide bonds. The predicted molar refractivity (Wildman–Crippen MR) is 149 cm³/mol. The minimum Gasteiger partial charge on any atom is -0.492 e. The SMILES string of the molecule is Cc1cc(Nc2ncnc3ccc(OCCN4CCOCC4)cc23)ccc1Oc1cccc2ccncc12. The molecule has 5 aromatic rings. The third-order valence-electron chi connectivity index (χ3n) is 6.69. The van der Waals surface area contributed by atoms with Gasteiger partial charge in [0.15, 0.2) is 0 Å². The molecular formula is C30H29N5O3. The highest BCUT2D eigenvalue weighted by molar-refractivity contribution is 5.91. The molecule has 0 saturated carbocycles. The Morgan fingerprint density at radius 2 is 1.87 bits per heavy atom. The van der Waals surface area contributed by atoms with Crippen molar-refractivity contribution in [2.45, 2.75) is 6.92 Å². The fraction of sp³-hybridized carbons (Fsp3) is 0.233. The van der Waals surface area contributed by atoms with Crippen LogP contribution in [0.2, 0.25) is 0 Å². The second kappa shape index (κ2) is 11.0. The molecule has 1 saturated heterocycles. The largest absolute Gasteiger partial charge is 0.492 e. The van der Waals surface area contributed by atoms with Crippen molar-refractivity contribution in [3.05, 3.63) is 84.9 Å². The molecule has 1 N–H and O–H groups in total. The van der Waals surface area contributed by atoms with Crippen LogP contribution in [0.25, 0.3) is 21.7 Å². The Morgan fingerprint density at radius 3 is 2.76 bits per heavy atom. The van der Waals surface area contributed by atoms with E-state index in [0.717, 1.165) is 88.8 Å². The zero-order chi connectivity index (χ0) is 25.7. The number of aryl methyl sites for hydroxylation is 1. The van der Waals surface area contributed by atoms with Crippen molar-refractivity contribution in [2.24, 2.45) is 0 Å². The second-order valence-electron chi connectivity index (χ2n) is 9.26. The Labute approximate surface area is 221 Å². The van der Waals surface area contributed by atoms with E-state index in [1.165, 1.54) is 0 Å². The Balaban J connectivity index is 1.18. The molecule has 0 bridgehead atoms. The first-order valence-electron chi connectivity index (χ1n) is 12.8. The Morgan fingerprint density at radius 1 is 0.947 bits per heavy atom. The summed E-state index contributed by atoms with van der Waals surface area (Å²) in [6.07, 6.45) is 5.19. The van der Waals surface area contributed by atoms with E-state index in [-0.39, 0.29) is 0 Å². The molecule has 38 heavy (non-hydrogen) atoms. The summed E-state index contributed by atoms with van der Waals surface area (Å²) < 4.78 is 17.7. The van der Waals surface area contributed by atoms with Crippen molar-refractivity contribution in [1.82, 2.24) is 19.9 Å². The van der Waals surface area contributed by atoms with Gasteiger partial charge in [-0.1, -0.05) is 12.1 Å². The monoisotopic (exact) mass is 507 g/mol. The van der Waals surface area contributed by atoms with Gasteiger partial charge in [0.2, 0.25) is 0 Å². The van der Waals surface area contributed by atoms with Gasteiger partial charge in [0.25, 0.3) is 0 Å². The van der Waals surface area contributed by atoms with Crippen LogP contribution >= 0.6 is 0 Å². The Hall–Kier alpha value is -4.27. The molecule has 0 aliphatic carbocycles. The number of anilines is 2. The standard InChI is InChI=1S/C30H29N5O3/c1-21-17-23(5-8-28(21)38-29-4-2-3-22-9-10-31-19-26(22)29)34-30-25-18-24(6-7-27(25)32-20-33-30)37-16-13-35-11-14-36-15-12-35/h2-10,17-20H,11-16H2,1H3,(H,32,33,34). The topological polar surface area (TPSA) is 81.6 Å². The quantitative estimate of drug-likeness (QED) is 0.285. The highest BCUT2D eigenvalue weighted by Crippen LogP contribution is 2.33. The fourth-order valence-electron chi connectivity index (χ4n) is 4.61. The lowest BCUT2D eigenvalue weighted by Gasteiger charge is -2.26. The lowest BCUT2D eigenvalue weighted by atomic mass is 10.1. The first-order chi connectivity index (χ1) is 18.7. The van der Waals surface area contributed by atoms with Crippen LogP contribution in [-0.2, 0) is 4.74 Å². The zero-order valence-electron chi connectivity index (χ0n) is 21.3. The number of nitrogens with zero attached hydrogens (tertiary/aromatic N) is 4. The number of nitrogens with one attached hydrogen (secondary N) is 1. The molecule has 1 aliphatic heterocycles. The summed E-state index contributed by atoms with van der Waals surface area (Å²) in [5, 5.41) is 6.42. The van der Waals surface area contributed by atoms with E-state index in [0.29, 0.717) is 6.61 Å². The molecular weight excluding hydrogens is 478 g/mol. The van der Waals surface area contributed by atoms with E-state index in [2.05, 4.69) is 37.3 Å². The molecule has 8 heteroatoms. The van der Waals surface area contributed by atoms with Crippen molar-refractivity contribution in [2.75, 3.05) is 44.8 Å². The molecule has 192 valence electrons. The molecule has 0 atom stereocenters. The zero-order valence-corrected chi connectivity index (χ0v) is 21.3. The van der Waals surface area contributed by atoms with Gasteiger partial charge in [-0.15, -0.1) is 0 Å². The summed E-state index contributed by atoms with van der Waals surface area (Å²) in [7, 11) is 0. The molecule has 0 radical (unpaired) electrons. The Kier molecular flexibility index (Phi) is 6.97. The minimum absolute atomic E-state index is 0.620. The number of hydrogen-bond acceptors (Lipinski definition) is 8. The van der Waals surface area contributed by atoms with Gasteiger partial charge >= 0.3 is 0 Å². The number of hydrogen-bond donors (Lipinski definition) is 1. The minimum atomic E-state index is 0.620. The lowest BCUT2D eigenvalue weighted by molar-refractivity contribution is 0.0322. The number of pyridine rings is 1. The summed E-state index contributed by atoms with van der Waals surface area (Å²) in [6.45, 7) is 7.00. The molecule has 1 aliphatic rings. The molecule has 0 unspecified atom stereocenters. The predicted octanol–water partition coefficient (Wildman–Crippen LogP) is 5.73. The summed E-state index contributed by atoms with van der Waals surface area (Å²) in [5.74, 6) is 3.09. The molecule has 8 nitrogen and oxygen atoms in total. The van der Waals surface area contributed by atoms with Gasteiger partial charge in [-0.25, -0.2) is 9.97 Å². The number of fused-ring (bicyclic) bond motifs is 2. The van der Waals surface area contributed by atoms with Crippen LogP contribution in [0.1, 0.15) is 5.56 Å². The third kappa shape index (κ3) is 5.37. The van der Waals surface area contributed by atoms with Crippen LogP contribution in [0.5, 0.6) is 17.2 Å². The number of aromatic nitrogens is 3. The highest BCUT2D eigenvalue weighted by Gasteiger charge is 2.12. The van der Waals surface area contributed by atoms with Gasteiger partial charge in [0.1, 0.15) is 36.0 Å². The Bertz CT molecular complexity index is 1560. The summed E-state index contributed by atoms with van der Waals surface area (Å²) in [4.78, 5) is 15.5. The average molecular weight is 508 g/mol. The van der Waals surface area contributed by atoms with Gasteiger partial charge in [-0.2, -0.15) is 0 Å². The van der Waals surface area contributed by atoms with Crippen LogP contribution in [0, 0.1) is 6.92 Å². The fourth-order valence-corrected chi connectivity index (χ4v) is 4.61. The molecule has 0 spiro atoms. The molecule has 2 aromatic heterocycles. The van der Waals surface area contributed by atoms with Gasteiger partial charge < -0.3 is 19.5 Å². The van der Waals surface area contributed by atoms with Crippen LogP contribution in [0.15, 0.2) is 79.4 Å². The van der Waals surface area contributed by atoms with Crippen molar-refractivity contribution in [3.8, 4) is 17.2 Å². The first kappa shape index (κ1) is 24.1. The van der Waals surface area contributed by atoms with Crippen LogP contribution < -0.4 is 14.8 Å². The van der Waals surface area contributed by atoms with E-state index < -0.39 is 0 Å². The summed E-state index contributed by atoms with van der Waals surface area (Å²) in [6, 6.07) is 19.9. The molecule has 3 aromatic carbocycles. The third-order valence-corrected chi connectivity index (χ3v) is 6.69. The van der Waals surface area contributed by atoms with Crippen LogP contribution in [0.4, 0.5) is 11.5 Å². The van der Waals surface area contributed by atoms with Gasteiger partial charge in [0.05, 0.1) is 18.7 Å². The van der Waals surface area contributed by atoms with E-state index in [1.54, 1.807) is 12.5 Å². The van der Waals surface area contributed by atoms with Gasteiger partial charge in [0, 0.05) is 48.5 Å². The summed E-state index contributed by atoms with van der Waals surface area (Å²) in [5.41, 5.74) is 2.76. The smallest absolute Gasteiger partial charge is 0.141 e. The maximum atomic E-state index is 6.27. The van der Waals surface area contributed by atoms with Gasteiger partial charge in [-0.3, -0.25) is 9.88 Å². The number of benzene rings is 3. The number of ether oxygens (including phenoxy) is 3. The van der Waals surface area contributed by atoms with Crippen molar-refractivity contribution in [3.63, 3.8) is 0 Å². The van der Waals surface area contributed by atoms with Crippen LogP contribution in [0.3, 0.4) is 0 Å². The first-order valence-corrected chi connectivity index (χ1v) is 12.8. The summed E-state index contributed by atoms with van der Waals surface area (Å²) >= 11 is 0. The molecule has 3 heterocycles. The lowest BCUT2D eigenvalue weighted by Crippen LogP contribution is -2.38. The average Bonchev–Trinajstić information content (AvgIpc) is 2.95. The van der Waals surface area contributed by atoms with E-state index in [4.69, 9.17) is 14.2 Å². The normalized spacial score (nSPS) is 14.0.